The van der Waals surface area contributed by atoms with E-state index in [1.807, 2.05) is 0 Å². The third-order valence-corrected chi connectivity index (χ3v) is 3.89. The highest BCUT2D eigenvalue weighted by molar-refractivity contribution is 9.10. The molecular weight excluding hydrogens is 378 g/mol. The van der Waals surface area contributed by atoms with Gasteiger partial charge in [-0.15, -0.1) is 0 Å². The van der Waals surface area contributed by atoms with Gasteiger partial charge in [0.1, 0.15) is 0 Å². The fourth-order valence-electron chi connectivity index (χ4n) is 2.10. The van der Waals surface area contributed by atoms with E-state index in [1.54, 1.807) is 37.3 Å². The summed E-state index contributed by atoms with van der Waals surface area (Å²) in [6.07, 6.45) is -0.881. The second kappa shape index (κ2) is 7.89. The minimum atomic E-state index is -0.881. The molecule has 3 N–H and O–H groups in total. The van der Waals surface area contributed by atoms with Gasteiger partial charge in [0, 0.05) is 22.3 Å². The largest absolute Gasteiger partial charge is 0.386 e. The lowest BCUT2D eigenvalue weighted by atomic mass is 10.0. The summed E-state index contributed by atoms with van der Waals surface area (Å²) in [6, 6.07) is 11.6. The van der Waals surface area contributed by atoms with Gasteiger partial charge >= 0.3 is 6.03 Å². The third-order valence-electron chi connectivity index (χ3n) is 3.36. The lowest BCUT2D eigenvalue weighted by molar-refractivity contribution is -0.384. The molecule has 0 heterocycles. The van der Waals surface area contributed by atoms with Crippen molar-refractivity contribution in [2.45, 2.75) is 19.1 Å². The number of anilines is 1. The molecule has 0 aromatic heterocycles. The Morgan fingerprint density at radius 2 is 1.92 bits per heavy atom. The van der Waals surface area contributed by atoms with E-state index in [9.17, 15) is 20.0 Å². The summed E-state index contributed by atoms with van der Waals surface area (Å²) in [5, 5.41) is 26.1. The van der Waals surface area contributed by atoms with Crippen LogP contribution in [0, 0.1) is 10.1 Å². The molecule has 0 fully saturated rings. The molecule has 0 aliphatic heterocycles. The van der Waals surface area contributed by atoms with Crippen LogP contribution in [0.1, 0.15) is 18.6 Å². The van der Waals surface area contributed by atoms with E-state index in [1.165, 1.54) is 18.2 Å². The van der Waals surface area contributed by atoms with E-state index in [2.05, 4.69) is 26.6 Å². The summed E-state index contributed by atoms with van der Waals surface area (Å²) in [6.45, 7) is 1.67. The molecule has 24 heavy (non-hydrogen) atoms. The van der Waals surface area contributed by atoms with Crippen LogP contribution in [0.5, 0.6) is 0 Å². The second-order valence-corrected chi connectivity index (χ2v) is 6.11. The fourth-order valence-corrected chi connectivity index (χ4v) is 2.36. The molecule has 2 rings (SSSR count). The van der Waals surface area contributed by atoms with E-state index in [4.69, 9.17) is 0 Å². The molecule has 2 aromatic carbocycles. The lowest BCUT2D eigenvalue weighted by Gasteiger charge is -2.21. The number of hydrogen-bond acceptors (Lipinski definition) is 4. The Kier molecular flexibility index (Phi) is 5.88. The summed E-state index contributed by atoms with van der Waals surface area (Å²) >= 11 is 3.32. The first-order chi connectivity index (χ1) is 11.4. The van der Waals surface area contributed by atoms with Gasteiger partial charge in [-0.1, -0.05) is 34.1 Å². The normalized spacial score (nSPS) is 13.0. The fraction of sp³-hybridized carbons (Fsp3) is 0.188. The molecule has 2 atom stereocenters. The summed E-state index contributed by atoms with van der Waals surface area (Å²) in [4.78, 5) is 22.2. The maximum atomic E-state index is 12.0. The van der Waals surface area contributed by atoms with Crippen LogP contribution in [0.3, 0.4) is 0 Å². The number of nitro groups is 1. The van der Waals surface area contributed by atoms with Gasteiger partial charge < -0.3 is 15.7 Å². The number of carbonyl (C=O) groups is 1. The van der Waals surface area contributed by atoms with Crippen LogP contribution in [0.15, 0.2) is 53.0 Å². The second-order valence-electron chi connectivity index (χ2n) is 5.19. The smallest absolute Gasteiger partial charge is 0.319 e. The quantitative estimate of drug-likeness (QED) is 0.532. The van der Waals surface area contributed by atoms with Crippen molar-refractivity contribution in [3.8, 4) is 0 Å². The number of nitrogens with one attached hydrogen (secondary N) is 2. The van der Waals surface area contributed by atoms with Crippen molar-refractivity contribution in [3.05, 3.63) is 68.7 Å². The Morgan fingerprint density at radius 3 is 2.54 bits per heavy atom. The summed E-state index contributed by atoms with van der Waals surface area (Å²) in [7, 11) is 0. The van der Waals surface area contributed by atoms with E-state index >= 15 is 0 Å². The average Bonchev–Trinajstić information content (AvgIpc) is 2.55. The zero-order chi connectivity index (χ0) is 17.7. The van der Waals surface area contributed by atoms with Crippen LogP contribution < -0.4 is 10.6 Å². The van der Waals surface area contributed by atoms with Crippen molar-refractivity contribution in [3.63, 3.8) is 0 Å². The van der Waals surface area contributed by atoms with Gasteiger partial charge in [0.05, 0.1) is 17.1 Å². The van der Waals surface area contributed by atoms with Crippen molar-refractivity contribution in [1.29, 1.82) is 0 Å². The molecule has 2 aromatic rings. The monoisotopic (exact) mass is 393 g/mol. The number of carbonyl (C=O) groups excluding carboxylic acids is 1. The van der Waals surface area contributed by atoms with Crippen molar-refractivity contribution in [2.75, 3.05) is 5.32 Å². The van der Waals surface area contributed by atoms with E-state index < -0.39 is 23.1 Å². The van der Waals surface area contributed by atoms with Gasteiger partial charge in [-0.3, -0.25) is 10.1 Å². The number of hydrogen-bond donors (Lipinski definition) is 3. The Bertz CT molecular complexity index is 736. The Hall–Kier alpha value is -2.45. The average molecular weight is 394 g/mol. The van der Waals surface area contributed by atoms with Crippen molar-refractivity contribution in [2.24, 2.45) is 0 Å². The van der Waals surface area contributed by atoms with Crippen molar-refractivity contribution >= 4 is 33.3 Å². The van der Waals surface area contributed by atoms with Gasteiger partial charge in [-0.2, -0.15) is 0 Å². The minimum Gasteiger partial charge on any atom is -0.386 e. The van der Waals surface area contributed by atoms with Crippen LogP contribution >= 0.6 is 15.9 Å². The highest BCUT2D eigenvalue weighted by Crippen LogP contribution is 2.20. The molecule has 8 heteroatoms. The molecule has 0 bridgehead atoms. The number of aliphatic hydroxyl groups excluding tert-OH is 1. The predicted molar refractivity (Wildman–Crippen MR) is 93.8 cm³/mol. The highest BCUT2D eigenvalue weighted by Gasteiger charge is 2.18. The minimum absolute atomic E-state index is 0.115. The maximum absolute atomic E-state index is 12.0. The van der Waals surface area contributed by atoms with Crippen LogP contribution in [-0.2, 0) is 0 Å². The van der Waals surface area contributed by atoms with E-state index in [0.29, 0.717) is 11.3 Å². The number of urea groups is 1. The first-order valence-electron chi connectivity index (χ1n) is 7.12. The number of non-ortho nitro benzene ring substituents is 1. The van der Waals surface area contributed by atoms with Crippen LogP contribution in [0.4, 0.5) is 16.2 Å². The molecule has 7 nitrogen and oxygen atoms in total. The SMILES string of the molecule is CC(NC(=O)Nc1cccc([N+](=O)[O-])c1)C(O)c1ccc(Br)cc1. The zero-order valence-corrected chi connectivity index (χ0v) is 14.4. The topological polar surface area (TPSA) is 104 Å². The first kappa shape index (κ1) is 17.9. The van der Waals surface area contributed by atoms with Gasteiger partial charge in [-0.25, -0.2) is 4.79 Å². The first-order valence-corrected chi connectivity index (χ1v) is 7.91. The van der Waals surface area contributed by atoms with Crippen LogP contribution in [-0.4, -0.2) is 22.1 Å². The van der Waals surface area contributed by atoms with Crippen LogP contribution in [0.2, 0.25) is 0 Å². The highest BCUT2D eigenvalue weighted by atomic mass is 79.9. The van der Waals surface area contributed by atoms with Gasteiger partial charge in [0.2, 0.25) is 0 Å². The third kappa shape index (κ3) is 4.77. The molecular formula is C16H16BrN3O4. The molecule has 0 saturated carbocycles. The number of aliphatic hydroxyl groups is 1. The van der Waals surface area contributed by atoms with Crippen molar-refractivity contribution in [1.82, 2.24) is 5.32 Å². The Labute approximate surface area is 147 Å². The molecule has 0 spiro atoms. The van der Waals surface area contributed by atoms with Gasteiger partial charge in [0.25, 0.3) is 5.69 Å². The maximum Gasteiger partial charge on any atom is 0.319 e. The van der Waals surface area contributed by atoms with Gasteiger partial charge in [0.15, 0.2) is 0 Å². The Balaban J connectivity index is 1.97. The molecule has 0 saturated heterocycles. The number of nitrogens with zero attached hydrogens (tertiary/aromatic N) is 1. The molecule has 2 unspecified atom stereocenters. The van der Waals surface area contributed by atoms with Gasteiger partial charge in [-0.05, 0) is 30.7 Å². The molecule has 126 valence electrons. The number of nitro benzene ring substituents is 1. The summed E-state index contributed by atoms with van der Waals surface area (Å²) < 4.78 is 0.891. The molecule has 0 aliphatic rings. The van der Waals surface area contributed by atoms with Crippen molar-refractivity contribution < 1.29 is 14.8 Å². The number of benzene rings is 2. The number of amides is 2. The molecule has 2 amide bonds. The standard InChI is InChI=1S/C16H16BrN3O4/c1-10(15(21)11-5-7-12(17)8-6-11)18-16(22)19-13-3-2-4-14(9-13)20(23)24/h2-10,15,21H,1H3,(H2,18,19,22). The van der Waals surface area contributed by atoms with E-state index in [-0.39, 0.29) is 5.69 Å². The zero-order valence-electron chi connectivity index (χ0n) is 12.8. The van der Waals surface area contributed by atoms with E-state index in [0.717, 1.165) is 4.47 Å². The predicted octanol–water partition coefficient (Wildman–Crippen LogP) is 3.60. The number of rotatable bonds is 5. The summed E-state index contributed by atoms with van der Waals surface area (Å²) in [5.74, 6) is 0. The lowest BCUT2D eigenvalue weighted by Crippen LogP contribution is -2.39. The number of halogens is 1. The molecule has 0 radical (unpaired) electrons. The summed E-state index contributed by atoms with van der Waals surface area (Å²) in [5.41, 5.74) is 0.851. The Morgan fingerprint density at radius 1 is 1.25 bits per heavy atom. The molecule has 0 aliphatic carbocycles. The van der Waals surface area contributed by atoms with Crippen LogP contribution in [0.25, 0.3) is 0 Å².